The molecule has 0 aromatic carbocycles. The molecule has 1 atom stereocenters. The molecule has 1 saturated heterocycles. The first-order chi connectivity index (χ1) is 10.0. The molecule has 21 heavy (non-hydrogen) atoms. The predicted molar refractivity (Wildman–Crippen MR) is 89.0 cm³/mol. The zero-order valence-corrected chi connectivity index (χ0v) is 14.6. The van der Waals surface area contributed by atoms with Crippen molar-refractivity contribution in [1.82, 2.24) is 14.9 Å². The van der Waals surface area contributed by atoms with Crippen LogP contribution in [-0.4, -0.2) is 58.3 Å². The molecule has 6 heteroatoms. The number of sulfonamides is 1. The van der Waals surface area contributed by atoms with Crippen molar-refractivity contribution in [3.05, 3.63) is 0 Å². The van der Waals surface area contributed by atoms with Crippen molar-refractivity contribution in [2.24, 2.45) is 5.92 Å². The Morgan fingerprint density at radius 1 is 1.14 bits per heavy atom. The van der Waals surface area contributed by atoms with Crippen LogP contribution < -0.4 is 10.0 Å². The number of unbranched alkanes of at least 4 members (excludes halogenated alkanes) is 1. The second-order valence-corrected chi connectivity index (χ2v) is 8.16. The zero-order chi connectivity index (χ0) is 15.6. The first-order valence-electron chi connectivity index (χ1n) is 8.44. The molecule has 1 aliphatic rings. The van der Waals surface area contributed by atoms with Gasteiger partial charge in [0, 0.05) is 13.1 Å². The lowest BCUT2D eigenvalue weighted by Gasteiger charge is -2.20. The molecule has 1 rings (SSSR count). The van der Waals surface area contributed by atoms with Gasteiger partial charge in [-0.15, -0.1) is 0 Å². The van der Waals surface area contributed by atoms with E-state index in [9.17, 15) is 8.42 Å². The highest BCUT2D eigenvalue weighted by Gasteiger charge is 2.16. The van der Waals surface area contributed by atoms with Crippen LogP contribution in [0, 0.1) is 5.92 Å². The van der Waals surface area contributed by atoms with E-state index in [0.29, 0.717) is 12.5 Å². The van der Waals surface area contributed by atoms with Gasteiger partial charge in [0.25, 0.3) is 0 Å². The molecule has 1 fully saturated rings. The lowest BCUT2D eigenvalue weighted by atomic mass is 10.2. The first-order valence-corrected chi connectivity index (χ1v) is 10.1. The second-order valence-electron chi connectivity index (χ2n) is 6.24. The van der Waals surface area contributed by atoms with Crippen LogP contribution in [-0.2, 0) is 10.0 Å². The summed E-state index contributed by atoms with van der Waals surface area (Å²) in [5, 5.41) is 3.29. The Morgan fingerprint density at radius 3 is 2.52 bits per heavy atom. The van der Waals surface area contributed by atoms with Gasteiger partial charge in [0.05, 0.1) is 5.75 Å². The summed E-state index contributed by atoms with van der Waals surface area (Å²) >= 11 is 0. The molecule has 1 heterocycles. The summed E-state index contributed by atoms with van der Waals surface area (Å²) < 4.78 is 26.6. The Kier molecular flexibility index (Phi) is 9.47. The topological polar surface area (TPSA) is 61.4 Å². The minimum absolute atomic E-state index is 0.247. The van der Waals surface area contributed by atoms with Crippen LogP contribution in [0.3, 0.4) is 0 Å². The number of nitrogens with one attached hydrogen (secondary N) is 2. The minimum Gasteiger partial charge on any atom is -0.317 e. The predicted octanol–water partition coefficient (Wildman–Crippen LogP) is 1.42. The third-order valence-electron chi connectivity index (χ3n) is 3.86. The van der Waals surface area contributed by atoms with Crippen molar-refractivity contribution in [1.29, 1.82) is 0 Å². The van der Waals surface area contributed by atoms with Crippen LogP contribution in [0.2, 0.25) is 0 Å². The molecule has 0 aromatic heterocycles. The summed E-state index contributed by atoms with van der Waals surface area (Å²) in [6, 6.07) is 0. The van der Waals surface area contributed by atoms with Gasteiger partial charge < -0.3 is 10.2 Å². The fraction of sp³-hybridized carbons (Fsp3) is 1.00. The molecule has 0 aromatic rings. The standard InChI is InChI=1S/C15H33N3O2S/c1-3-8-16-9-4-7-12-21(19,20)17-13-15(2)14-18-10-5-6-11-18/h15-17H,3-14H2,1-2H3. The zero-order valence-electron chi connectivity index (χ0n) is 13.7. The number of hydrogen-bond acceptors (Lipinski definition) is 4. The molecule has 0 aliphatic carbocycles. The van der Waals surface area contributed by atoms with Gasteiger partial charge in [-0.25, -0.2) is 13.1 Å². The van der Waals surface area contributed by atoms with Crippen LogP contribution in [0.1, 0.15) is 46.0 Å². The lowest BCUT2D eigenvalue weighted by Crippen LogP contribution is -2.35. The van der Waals surface area contributed by atoms with Gasteiger partial charge in [0.2, 0.25) is 10.0 Å². The highest BCUT2D eigenvalue weighted by molar-refractivity contribution is 7.89. The van der Waals surface area contributed by atoms with Gasteiger partial charge in [-0.2, -0.15) is 0 Å². The molecule has 1 aliphatic heterocycles. The van der Waals surface area contributed by atoms with Gasteiger partial charge in [-0.3, -0.25) is 0 Å². The van der Waals surface area contributed by atoms with Crippen molar-refractivity contribution < 1.29 is 8.42 Å². The maximum absolute atomic E-state index is 11.9. The van der Waals surface area contributed by atoms with Gasteiger partial charge in [0.1, 0.15) is 0 Å². The Labute approximate surface area is 130 Å². The SMILES string of the molecule is CCCNCCCCS(=O)(=O)NCC(C)CN1CCCC1. The lowest BCUT2D eigenvalue weighted by molar-refractivity contribution is 0.288. The van der Waals surface area contributed by atoms with E-state index in [4.69, 9.17) is 0 Å². The van der Waals surface area contributed by atoms with Crippen molar-refractivity contribution >= 4 is 10.0 Å². The van der Waals surface area contributed by atoms with Crippen molar-refractivity contribution in [3.8, 4) is 0 Å². The third-order valence-corrected chi connectivity index (χ3v) is 5.30. The summed E-state index contributed by atoms with van der Waals surface area (Å²) in [4.78, 5) is 2.43. The normalized spacial score (nSPS) is 18.2. The van der Waals surface area contributed by atoms with Gasteiger partial charge >= 0.3 is 0 Å². The molecular formula is C15H33N3O2S. The summed E-state index contributed by atoms with van der Waals surface area (Å²) in [5.41, 5.74) is 0. The maximum atomic E-state index is 11.9. The largest absolute Gasteiger partial charge is 0.317 e. The summed E-state index contributed by atoms with van der Waals surface area (Å²) in [7, 11) is -3.10. The fourth-order valence-electron chi connectivity index (χ4n) is 2.66. The molecule has 0 bridgehead atoms. The summed E-state index contributed by atoms with van der Waals surface area (Å²) in [5.74, 6) is 0.626. The number of rotatable bonds is 12. The smallest absolute Gasteiger partial charge is 0.211 e. The van der Waals surface area contributed by atoms with Crippen molar-refractivity contribution in [3.63, 3.8) is 0 Å². The quantitative estimate of drug-likeness (QED) is 0.534. The van der Waals surface area contributed by atoms with E-state index in [1.807, 2.05) is 0 Å². The maximum Gasteiger partial charge on any atom is 0.211 e. The Hall–Kier alpha value is -0.170. The number of likely N-dealkylation sites (tertiary alicyclic amines) is 1. The average Bonchev–Trinajstić information content (AvgIpc) is 2.93. The van der Waals surface area contributed by atoms with Crippen LogP contribution >= 0.6 is 0 Å². The average molecular weight is 320 g/mol. The molecule has 1 unspecified atom stereocenters. The van der Waals surface area contributed by atoms with Crippen molar-refractivity contribution in [2.45, 2.75) is 46.0 Å². The highest BCUT2D eigenvalue weighted by atomic mass is 32.2. The van der Waals surface area contributed by atoms with E-state index in [-0.39, 0.29) is 5.75 Å². The van der Waals surface area contributed by atoms with Crippen LogP contribution in [0.5, 0.6) is 0 Å². The van der Waals surface area contributed by atoms with Crippen LogP contribution in [0.4, 0.5) is 0 Å². The molecular weight excluding hydrogens is 286 g/mol. The van der Waals surface area contributed by atoms with Crippen LogP contribution in [0.15, 0.2) is 0 Å². The van der Waals surface area contributed by atoms with Crippen molar-refractivity contribution in [2.75, 3.05) is 45.0 Å². The molecule has 5 nitrogen and oxygen atoms in total. The summed E-state index contributed by atoms with van der Waals surface area (Å²) in [6.07, 6.45) is 5.33. The van der Waals surface area contributed by atoms with Gasteiger partial charge in [0.15, 0.2) is 0 Å². The molecule has 0 saturated carbocycles. The molecule has 2 N–H and O–H groups in total. The first kappa shape index (κ1) is 18.9. The third kappa shape index (κ3) is 9.45. The Morgan fingerprint density at radius 2 is 1.86 bits per heavy atom. The Bertz CT molecular complexity index is 354. The fourth-order valence-corrected chi connectivity index (χ4v) is 3.92. The van der Waals surface area contributed by atoms with E-state index in [0.717, 1.165) is 38.9 Å². The van der Waals surface area contributed by atoms with E-state index in [1.165, 1.54) is 25.9 Å². The monoisotopic (exact) mass is 319 g/mol. The number of hydrogen-bond donors (Lipinski definition) is 2. The van der Waals surface area contributed by atoms with E-state index >= 15 is 0 Å². The Balaban J connectivity index is 2.08. The molecule has 0 spiro atoms. The van der Waals surface area contributed by atoms with E-state index in [2.05, 4.69) is 28.8 Å². The summed E-state index contributed by atoms with van der Waals surface area (Å²) in [6.45, 7) is 10.1. The molecule has 0 amide bonds. The van der Waals surface area contributed by atoms with Gasteiger partial charge in [-0.05, 0) is 64.2 Å². The highest BCUT2D eigenvalue weighted by Crippen LogP contribution is 2.10. The second kappa shape index (κ2) is 10.5. The molecule has 126 valence electrons. The van der Waals surface area contributed by atoms with Crippen LogP contribution in [0.25, 0.3) is 0 Å². The molecule has 0 radical (unpaired) electrons. The van der Waals surface area contributed by atoms with E-state index in [1.54, 1.807) is 0 Å². The minimum atomic E-state index is -3.10. The van der Waals surface area contributed by atoms with E-state index < -0.39 is 10.0 Å². The number of nitrogens with zero attached hydrogens (tertiary/aromatic N) is 1. The van der Waals surface area contributed by atoms with Gasteiger partial charge in [-0.1, -0.05) is 13.8 Å².